The summed E-state index contributed by atoms with van der Waals surface area (Å²) in [5, 5.41) is 15.7. The van der Waals surface area contributed by atoms with E-state index in [1.807, 2.05) is 55.4 Å². The summed E-state index contributed by atoms with van der Waals surface area (Å²) in [6, 6.07) is -0.947. The minimum Gasteiger partial charge on any atom is -0.478 e. The smallest absolute Gasteiger partial charge is 0.331 e. The summed E-state index contributed by atoms with van der Waals surface area (Å²) in [7, 11) is 1.68. The summed E-state index contributed by atoms with van der Waals surface area (Å²) in [5.41, 5.74) is -0.546. The van der Waals surface area contributed by atoms with Gasteiger partial charge in [-0.1, -0.05) is 54.0 Å². The van der Waals surface area contributed by atoms with Crippen LogP contribution in [0, 0.1) is 11.8 Å². The fraction of sp³-hybridized carbons (Fsp3) is 0.792. The number of nitrogens with one attached hydrogen (secondary N) is 2. The highest BCUT2D eigenvalue weighted by molar-refractivity contribution is 5.92. The number of rotatable bonds is 13. The molecule has 0 heterocycles. The molecular weight excluding hydrogens is 394 g/mol. The van der Waals surface area contributed by atoms with E-state index in [1.54, 1.807) is 18.0 Å². The topological polar surface area (TPSA) is 98.7 Å². The molecule has 0 aliphatic carbocycles. The number of amides is 2. The molecule has 7 nitrogen and oxygen atoms in total. The number of carbonyl (C=O) groups is 3. The Bertz CT molecular complexity index is 639. The van der Waals surface area contributed by atoms with Crippen LogP contribution in [0.2, 0.25) is 0 Å². The summed E-state index contributed by atoms with van der Waals surface area (Å²) in [6.45, 7) is 17.3. The molecule has 3 N–H and O–H groups in total. The first-order chi connectivity index (χ1) is 14.3. The number of carboxylic acids is 1. The summed E-state index contributed by atoms with van der Waals surface area (Å²) in [4.78, 5) is 39.8. The molecule has 0 radical (unpaired) electrons. The van der Waals surface area contributed by atoms with Gasteiger partial charge in [-0.15, -0.1) is 0 Å². The van der Waals surface area contributed by atoms with Gasteiger partial charge in [-0.2, -0.15) is 0 Å². The molecule has 0 saturated heterocycles. The lowest BCUT2D eigenvalue weighted by atomic mass is 9.88. The average Bonchev–Trinajstić information content (AvgIpc) is 2.71. The van der Waals surface area contributed by atoms with Crippen LogP contribution >= 0.6 is 0 Å². The van der Waals surface area contributed by atoms with Crippen LogP contribution < -0.4 is 10.6 Å². The zero-order valence-corrected chi connectivity index (χ0v) is 21.2. The molecule has 0 bridgehead atoms. The maximum absolute atomic E-state index is 13.5. The molecule has 0 aromatic carbocycles. The van der Waals surface area contributed by atoms with Gasteiger partial charge in [0.1, 0.15) is 6.04 Å². The van der Waals surface area contributed by atoms with E-state index in [9.17, 15) is 19.5 Å². The molecule has 0 saturated carbocycles. The predicted molar refractivity (Wildman–Crippen MR) is 126 cm³/mol. The van der Waals surface area contributed by atoms with Gasteiger partial charge in [-0.25, -0.2) is 4.79 Å². The maximum atomic E-state index is 13.5. The van der Waals surface area contributed by atoms with Crippen molar-refractivity contribution in [1.29, 1.82) is 0 Å². The third kappa shape index (κ3) is 7.95. The van der Waals surface area contributed by atoms with Crippen LogP contribution in [0.4, 0.5) is 0 Å². The second-order valence-corrected chi connectivity index (χ2v) is 9.26. The zero-order chi connectivity index (χ0) is 24.5. The van der Waals surface area contributed by atoms with Crippen LogP contribution in [0.3, 0.4) is 0 Å². The number of hydrogen-bond acceptors (Lipinski definition) is 4. The highest BCUT2D eigenvalue weighted by atomic mass is 16.4. The molecule has 0 aromatic heterocycles. The Morgan fingerprint density at radius 2 is 1.55 bits per heavy atom. The molecule has 0 spiro atoms. The number of hydrogen-bond donors (Lipinski definition) is 3. The third-order valence-electron chi connectivity index (χ3n) is 6.21. The van der Waals surface area contributed by atoms with E-state index in [4.69, 9.17) is 0 Å². The van der Waals surface area contributed by atoms with Crippen molar-refractivity contribution in [3.8, 4) is 0 Å². The van der Waals surface area contributed by atoms with Crippen molar-refractivity contribution in [2.75, 3.05) is 7.05 Å². The number of carboxylic acid groups (broad SMARTS) is 1. The first kappa shape index (κ1) is 29.1. The second kappa shape index (κ2) is 12.8. The minimum absolute atomic E-state index is 0.0181. The fourth-order valence-electron chi connectivity index (χ4n) is 3.80. The van der Waals surface area contributed by atoms with Crippen LogP contribution in [0.1, 0.15) is 81.6 Å². The molecular formula is C24H45N3O4. The molecule has 180 valence electrons. The van der Waals surface area contributed by atoms with Crippen molar-refractivity contribution in [2.45, 2.75) is 105 Å². The van der Waals surface area contributed by atoms with Crippen LogP contribution in [-0.2, 0) is 14.4 Å². The first-order valence-corrected chi connectivity index (χ1v) is 11.5. The van der Waals surface area contributed by atoms with Crippen molar-refractivity contribution in [2.24, 2.45) is 11.8 Å². The molecule has 3 atom stereocenters. The van der Waals surface area contributed by atoms with Gasteiger partial charge < -0.3 is 20.6 Å². The quantitative estimate of drug-likeness (QED) is 0.381. The Morgan fingerprint density at radius 1 is 1.03 bits per heavy atom. The van der Waals surface area contributed by atoms with Gasteiger partial charge in [0, 0.05) is 18.7 Å². The predicted octanol–water partition coefficient (Wildman–Crippen LogP) is 3.59. The molecule has 0 unspecified atom stereocenters. The van der Waals surface area contributed by atoms with Crippen LogP contribution in [0.25, 0.3) is 0 Å². The first-order valence-electron chi connectivity index (χ1n) is 11.5. The standard InChI is InChI=1S/C24H45N3O4/c1-11-17(8)20(25-23(31)24(12-2,13-3)26-16(6)7)21(28)27(10)19(15(4)5)14-18(9)22(29)30/h14-17,19-20,26H,11-13H2,1-10H3,(H,25,31)(H,29,30)/b18-14+/t17-,19+,20-/m0/s1. The van der Waals surface area contributed by atoms with Gasteiger partial charge in [0.2, 0.25) is 11.8 Å². The van der Waals surface area contributed by atoms with Crippen molar-refractivity contribution in [1.82, 2.24) is 15.5 Å². The van der Waals surface area contributed by atoms with E-state index in [0.717, 1.165) is 6.42 Å². The molecule has 0 aliphatic rings. The maximum Gasteiger partial charge on any atom is 0.331 e. The summed E-state index contributed by atoms with van der Waals surface area (Å²) >= 11 is 0. The van der Waals surface area contributed by atoms with Crippen molar-refractivity contribution < 1.29 is 19.5 Å². The van der Waals surface area contributed by atoms with E-state index in [1.165, 1.54) is 6.92 Å². The molecule has 0 rings (SSSR count). The Kier molecular flexibility index (Phi) is 12.1. The highest BCUT2D eigenvalue weighted by Gasteiger charge is 2.39. The molecule has 31 heavy (non-hydrogen) atoms. The SMILES string of the molecule is CC[C@H](C)[C@H](NC(=O)C(CC)(CC)NC(C)C)C(=O)N(C)[C@H](/C=C(\C)C(=O)O)C(C)C. The summed E-state index contributed by atoms with van der Waals surface area (Å²) < 4.78 is 0. The average molecular weight is 440 g/mol. The van der Waals surface area contributed by atoms with Crippen LogP contribution in [0.15, 0.2) is 11.6 Å². The van der Waals surface area contributed by atoms with Gasteiger partial charge in [0.15, 0.2) is 0 Å². The number of carbonyl (C=O) groups excluding carboxylic acids is 2. The van der Waals surface area contributed by atoms with Crippen molar-refractivity contribution in [3.05, 3.63) is 11.6 Å². The van der Waals surface area contributed by atoms with Gasteiger partial charge in [0.05, 0.1) is 11.6 Å². The summed E-state index contributed by atoms with van der Waals surface area (Å²) in [5.74, 6) is -1.43. The normalized spacial score (nSPS) is 15.5. The molecule has 0 aliphatic heterocycles. The van der Waals surface area contributed by atoms with Gasteiger partial charge in [-0.05, 0) is 45.4 Å². The Labute approximate surface area is 189 Å². The minimum atomic E-state index is -1.01. The number of aliphatic carboxylic acids is 1. The van der Waals surface area contributed by atoms with Crippen molar-refractivity contribution >= 4 is 17.8 Å². The lowest BCUT2D eigenvalue weighted by Gasteiger charge is -2.38. The zero-order valence-electron chi connectivity index (χ0n) is 21.2. The third-order valence-corrected chi connectivity index (χ3v) is 6.21. The lowest BCUT2D eigenvalue weighted by molar-refractivity contribution is -0.140. The highest BCUT2D eigenvalue weighted by Crippen LogP contribution is 2.21. The second-order valence-electron chi connectivity index (χ2n) is 9.26. The van der Waals surface area contributed by atoms with E-state index >= 15 is 0 Å². The molecule has 0 aromatic rings. The number of likely N-dealkylation sites (N-methyl/N-ethyl adjacent to an activating group) is 1. The Morgan fingerprint density at radius 3 is 1.90 bits per heavy atom. The van der Waals surface area contributed by atoms with E-state index in [0.29, 0.717) is 12.8 Å². The molecule has 7 heteroatoms. The fourth-order valence-corrected chi connectivity index (χ4v) is 3.80. The molecule has 0 fully saturated rings. The van der Waals surface area contributed by atoms with Crippen molar-refractivity contribution in [3.63, 3.8) is 0 Å². The van der Waals surface area contributed by atoms with Crippen LogP contribution in [0.5, 0.6) is 0 Å². The number of nitrogens with zero attached hydrogens (tertiary/aromatic N) is 1. The Hall–Kier alpha value is -1.89. The van der Waals surface area contributed by atoms with Gasteiger partial charge in [0.25, 0.3) is 0 Å². The van der Waals surface area contributed by atoms with Gasteiger partial charge in [-0.3, -0.25) is 9.59 Å². The van der Waals surface area contributed by atoms with Gasteiger partial charge >= 0.3 is 5.97 Å². The monoisotopic (exact) mass is 439 g/mol. The van der Waals surface area contributed by atoms with E-state index in [-0.39, 0.29) is 41.3 Å². The Balaban J connectivity index is 5.97. The largest absolute Gasteiger partial charge is 0.478 e. The summed E-state index contributed by atoms with van der Waals surface area (Å²) in [6.07, 6.45) is 3.56. The lowest BCUT2D eigenvalue weighted by Crippen LogP contribution is -2.63. The molecule has 2 amide bonds. The van der Waals surface area contributed by atoms with E-state index in [2.05, 4.69) is 10.6 Å². The van der Waals surface area contributed by atoms with Crippen LogP contribution in [-0.4, -0.2) is 58.5 Å². The van der Waals surface area contributed by atoms with E-state index < -0.39 is 17.6 Å².